The summed E-state index contributed by atoms with van der Waals surface area (Å²) >= 11 is 0. The van der Waals surface area contributed by atoms with E-state index in [2.05, 4.69) is 71.6 Å². The summed E-state index contributed by atoms with van der Waals surface area (Å²) < 4.78 is 12.4. The van der Waals surface area contributed by atoms with Crippen LogP contribution in [0, 0.1) is 0 Å². The first-order valence-electron chi connectivity index (χ1n) is 7.95. The van der Waals surface area contributed by atoms with Crippen LogP contribution in [-0.4, -0.2) is 26.4 Å². The largest absolute Gasteiger partial charge is 0.495 e. The zero-order valence-electron chi connectivity index (χ0n) is 14.6. The second-order valence-corrected chi connectivity index (χ2v) is 14.0. The van der Waals surface area contributed by atoms with Gasteiger partial charge in [-0.25, -0.2) is 0 Å². The van der Waals surface area contributed by atoms with Crippen molar-refractivity contribution >= 4 is 20.7 Å². The third-order valence-electron chi connectivity index (χ3n) is 4.71. The van der Waals surface area contributed by atoms with E-state index >= 15 is 0 Å². The number of rotatable bonds is 4. The first-order chi connectivity index (χ1) is 9.52. The summed E-state index contributed by atoms with van der Waals surface area (Å²) in [4.78, 5) is 0. The first kappa shape index (κ1) is 16.8. The van der Waals surface area contributed by atoms with Crippen molar-refractivity contribution in [2.24, 2.45) is 0 Å². The number of hydrogen-bond acceptors (Lipinski definition) is 2. The SMILES string of the molecule is CC1(C)OB(c2ccccc2CC[Si](C)(C)C)OC1(C)C. The van der Waals surface area contributed by atoms with Crippen LogP contribution in [0.15, 0.2) is 24.3 Å². The molecule has 0 aromatic heterocycles. The van der Waals surface area contributed by atoms with E-state index < -0.39 is 8.07 Å². The van der Waals surface area contributed by atoms with Crippen molar-refractivity contribution < 1.29 is 9.31 Å². The van der Waals surface area contributed by atoms with Gasteiger partial charge in [-0.3, -0.25) is 0 Å². The molecule has 1 aromatic carbocycles. The third-order valence-corrected chi connectivity index (χ3v) is 6.46. The van der Waals surface area contributed by atoms with Crippen molar-refractivity contribution in [3.05, 3.63) is 29.8 Å². The van der Waals surface area contributed by atoms with E-state index in [1.54, 1.807) is 0 Å². The van der Waals surface area contributed by atoms with E-state index in [0.29, 0.717) is 0 Å². The first-order valence-corrected chi connectivity index (χ1v) is 11.7. The Morgan fingerprint density at radius 3 is 2.00 bits per heavy atom. The monoisotopic (exact) mass is 304 g/mol. The van der Waals surface area contributed by atoms with E-state index in [1.807, 2.05) is 0 Å². The van der Waals surface area contributed by atoms with Gasteiger partial charge < -0.3 is 9.31 Å². The fourth-order valence-electron chi connectivity index (χ4n) is 2.47. The molecule has 4 heteroatoms. The molecule has 0 saturated carbocycles. The van der Waals surface area contributed by atoms with Crippen LogP contribution >= 0.6 is 0 Å². The van der Waals surface area contributed by atoms with Crippen molar-refractivity contribution in [1.82, 2.24) is 0 Å². The summed E-state index contributed by atoms with van der Waals surface area (Å²) in [6, 6.07) is 9.87. The van der Waals surface area contributed by atoms with Crippen LogP contribution in [-0.2, 0) is 15.7 Å². The summed E-state index contributed by atoms with van der Waals surface area (Å²) in [6.07, 6.45) is 1.12. The van der Waals surface area contributed by atoms with Crippen molar-refractivity contribution in [2.45, 2.75) is 71.0 Å². The van der Waals surface area contributed by atoms with Crippen LogP contribution in [0.3, 0.4) is 0 Å². The molecule has 0 radical (unpaired) electrons. The smallest absolute Gasteiger partial charge is 0.399 e. The Morgan fingerprint density at radius 2 is 1.48 bits per heavy atom. The molecule has 0 aliphatic carbocycles. The molecule has 0 spiro atoms. The third kappa shape index (κ3) is 3.79. The fourth-order valence-corrected chi connectivity index (χ4v) is 3.49. The van der Waals surface area contributed by atoms with Crippen LogP contribution in [0.5, 0.6) is 0 Å². The molecule has 2 rings (SSSR count). The maximum atomic E-state index is 6.21. The summed E-state index contributed by atoms with van der Waals surface area (Å²) in [6.45, 7) is 15.7. The van der Waals surface area contributed by atoms with Gasteiger partial charge >= 0.3 is 7.12 Å². The molecule has 1 aromatic rings. The molecule has 1 heterocycles. The Kier molecular flexibility index (Phi) is 4.45. The topological polar surface area (TPSA) is 18.5 Å². The van der Waals surface area contributed by atoms with Crippen LogP contribution < -0.4 is 5.46 Å². The number of benzene rings is 1. The quantitative estimate of drug-likeness (QED) is 0.786. The Hall–Kier alpha value is -0.578. The van der Waals surface area contributed by atoms with E-state index in [0.717, 1.165) is 6.42 Å². The Balaban J connectivity index is 2.22. The second kappa shape index (κ2) is 5.56. The number of aryl methyl sites for hydroxylation is 1. The summed E-state index contributed by atoms with van der Waals surface area (Å²) in [5, 5.41) is 0. The average molecular weight is 304 g/mol. The summed E-state index contributed by atoms with van der Waals surface area (Å²) in [7, 11) is -1.28. The molecule has 0 amide bonds. The lowest BCUT2D eigenvalue weighted by molar-refractivity contribution is 0.00578. The molecule has 0 atom stereocenters. The van der Waals surface area contributed by atoms with Crippen molar-refractivity contribution in [2.75, 3.05) is 0 Å². The molecule has 0 N–H and O–H groups in total. The van der Waals surface area contributed by atoms with Crippen molar-refractivity contribution in [1.29, 1.82) is 0 Å². The Morgan fingerprint density at radius 1 is 0.952 bits per heavy atom. The van der Waals surface area contributed by atoms with Crippen molar-refractivity contribution in [3.8, 4) is 0 Å². The fraction of sp³-hybridized carbons (Fsp3) is 0.647. The Labute approximate surface area is 131 Å². The highest BCUT2D eigenvalue weighted by Crippen LogP contribution is 2.36. The molecule has 0 unspecified atom stereocenters. The van der Waals surface area contributed by atoms with Gasteiger partial charge in [0.25, 0.3) is 0 Å². The van der Waals surface area contributed by atoms with E-state index in [4.69, 9.17) is 9.31 Å². The molecular weight excluding hydrogens is 275 g/mol. The molecular formula is C17H29BO2Si. The molecule has 1 fully saturated rings. The van der Waals surface area contributed by atoms with Crippen LogP contribution in [0.25, 0.3) is 0 Å². The minimum absolute atomic E-state index is 0.243. The minimum atomic E-state index is -1.04. The maximum Gasteiger partial charge on any atom is 0.495 e. The molecule has 1 aliphatic heterocycles. The number of hydrogen-bond donors (Lipinski definition) is 0. The van der Waals surface area contributed by atoms with E-state index in [9.17, 15) is 0 Å². The van der Waals surface area contributed by atoms with Crippen LogP contribution in [0.1, 0.15) is 33.3 Å². The molecule has 116 valence electrons. The van der Waals surface area contributed by atoms with E-state index in [1.165, 1.54) is 17.1 Å². The van der Waals surface area contributed by atoms with Gasteiger partial charge in [0, 0.05) is 8.07 Å². The molecule has 2 nitrogen and oxygen atoms in total. The maximum absolute atomic E-state index is 6.21. The van der Waals surface area contributed by atoms with Gasteiger partial charge in [-0.1, -0.05) is 50.0 Å². The highest BCUT2D eigenvalue weighted by Gasteiger charge is 2.52. The van der Waals surface area contributed by atoms with Crippen LogP contribution in [0.2, 0.25) is 25.7 Å². The average Bonchev–Trinajstić information content (AvgIpc) is 2.55. The highest BCUT2D eigenvalue weighted by molar-refractivity contribution is 6.76. The summed E-state index contributed by atoms with van der Waals surface area (Å²) in [5.74, 6) is 0. The highest BCUT2D eigenvalue weighted by atomic mass is 28.3. The second-order valence-electron chi connectivity index (χ2n) is 8.35. The lowest BCUT2D eigenvalue weighted by atomic mass is 9.75. The van der Waals surface area contributed by atoms with Crippen molar-refractivity contribution in [3.63, 3.8) is 0 Å². The van der Waals surface area contributed by atoms with Crippen LogP contribution in [0.4, 0.5) is 0 Å². The lowest BCUT2D eigenvalue weighted by Crippen LogP contribution is -2.41. The standard InChI is InChI=1S/C17H29BO2Si/c1-16(2)17(3,4)20-18(19-16)15-11-9-8-10-14(15)12-13-21(5,6)7/h8-11H,12-13H2,1-7H3. The Bertz CT molecular complexity index is 490. The molecule has 0 bridgehead atoms. The van der Waals surface area contributed by atoms with Gasteiger partial charge in [0.15, 0.2) is 0 Å². The van der Waals surface area contributed by atoms with Gasteiger partial charge in [-0.05, 0) is 45.1 Å². The predicted octanol–water partition coefficient (Wildman–Crippen LogP) is 3.87. The van der Waals surface area contributed by atoms with Gasteiger partial charge in [0.2, 0.25) is 0 Å². The normalized spacial score (nSPS) is 20.8. The van der Waals surface area contributed by atoms with Gasteiger partial charge in [-0.2, -0.15) is 0 Å². The van der Waals surface area contributed by atoms with E-state index in [-0.39, 0.29) is 18.3 Å². The molecule has 1 aliphatic rings. The van der Waals surface area contributed by atoms with Gasteiger partial charge in [-0.15, -0.1) is 0 Å². The minimum Gasteiger partial charge on any atom is -0.399 e. The van der Waals surface area contributed by atoms with Gasteiger partial charge in [0.1, 0.15) is 0 Å². The lowest BCUT2D eigenvalue weighted by Gasteiger charge is -2.32. The zero-order valence-corrected chi connectivity index (χ0v) is 15.6. The molecule has 21 heavy (non-hydrogen) atoms. The predicted molar refractivity (Wildman–Crippen MR) is 94.0 cm³/mol. The summed E-state index contributed by atoms with van der Waals surface area (Å²) in [5.41, 5.74) is 2.03. The zero-order chi connectivity index (χ0) is 15.9. The van der Waals surface area contributed by atoms with Gasteiger partial charge in [0.05, 0.1) is 11.2 Å². The molecule has 1 saturated heterocycles.